The smallest absolute Gasteiger partial charge is 0.119 e. The van der Waals surface area contributed by atoms with E-state index in [2.05, 4.69) is 26.2 Å². The van der Waals surface area contributed by atoms with E-state index in [0.717, 1.165) is 41.2 Å². The number of hydrogen-bond donors (Lipinski definition) is 0. The van der Waals surface area contributed by atoms with Crippen molar-refractivity contribution in [1.82, 2.24) is 0 Å². The first-order valence-corrected chi connectivity index (χ1v) is 9.28. The van der Waals surface area contributed by atoms with Gasteiger partial charge in [-0.05, 0) is 61.4 Å². The number of methoxy groups -OCH3 is 1. The highest BCUT2D eigenvalue weighted by atomic mass is 79.9. The average Bonchev–Trinajstić information content (AvgIpc) is 2.64. The molecule has 0 atom stereocenters. The van der Waals surface area contributed by atoms with Crippen molar-refractivity contribution in [3.8, 4) is 11.5 Å². The van der Waals surface area contributed by atoms with E-state index in [1.807, 2.05) is 48.5 Å². The Morgan fingerprint density at radius 3 is 1.83 bits per heavy atom. The molecule has 0 N–H and O–H groups in total. The molecule has 0 radical (unpaired) electrons. The molecule has 0 bridgehead atoms. The van der Waals surface area contributed by atoms with Gasteiger partial charge in [0.15, 0.2) is 0 Å². The predicted octanol–water partition coefficient (Wildman–Crippen LogP) is 6.44. The van der Waals surface area contributed by atoms with Crippen molar-refractivity contribution in [1.29, 1.82) is 0 Å². The van der Waals surface area contributed by atoms with E-state index < -0.39 is 0 Å². The molecule has 2 aromatic rings. The zero-order valence-corrected chi connectivity index (χ0v) is 15.5. The van der Waals surface area contributed by atoms with Gasteiger partial charge in [-0.15, -0.1) is 0 Å². The zero-order chi connectivity index (χ0) is 17.0. The van der Waals surface area contributed by atoms with E-state index >= 15 is 0 Å². The normalized spacial score (nSPS) is 10.9. The van der Waals surface area contributed by atoms with Crippen molar-refractivity contribution in [2.24, 2.45) is 10.2 Å². The van der Waals surface area contributed by atoms with Crippen molar-refractivity contribution < 1.29 is 9.47 Å². The van der Waals surface area contributed by atoms with Gasteiger partial charge in [-0.2, -0.15) is 10.2 Å². The van der Waals surface area contributed by atoms with Crippen LogP contribution in [-0.2, 0) is 0 Å². The Morgan fingerprint density at radius 2 is 1.29 bits per heavy atom. The highest BCUT2D eigenvalue weighted by Crippen LogP contribution is 2.23. The topological polar surface area (TPSA) is 43.2 Å². The first-order valence-electron chi connectivity index (χ1n) is 8.16. The largest absolute Gasteiger partial charge is 0.497 e. The maximum atomic E-state index is 5.73. The number of unbranched alkanes of at least 4 members (excludes halogenated alkanes) is 3. The molecule has 0 fully saturated rings. The summed E-state index contributed by atoms with van der Waals surface area (Å²) >= 11 is 3.44. The number of alkyl halides is 1. The van der Waals surface area contributed by atoms with Crippen molar-refractivity contribution in [2.75, 3.05) is 19.0 Å². The molecular formula is C19H23BrN2O2. The first kappa shape index (κ1) is 18.5. The van der Waals surface area contributed by atoms with Gasteiger partial charge in [0.1, 0.15) is 11.5 Å². The Kier molecular flexibility index (Phi) is 8.32. The van der Waals surface area contributed by atoms with E-state index in [1.165, 1.54) is 19.3 Å². The summed E-state index contributed by atoms with van der Waals surface area (Å²) < 4.78 is 10.8. The second-order valence-electron chi connectivity index (χ2n) is 5.34. The van der Waals surface area contributed by atoms with Crippen LogP contribution in [0.3, 0.4) is 0 Å². The van der Waals surface area contributed by atoms with E-state index in [4.69, 9.17) is 9.47 Å². The van der Waals surface area contributed by atoms with Gasteiger partial charge in [-0.1, -0.05) is 28.8 Å². The lowest BCUT2D eigenvalue weighted by Gasteiger charge is -2.05. The molecule has 0 saturated carbocycles. The lowest BCUT2D eigenvalue weighted by Crippen LogP contribution is -1.96. The third kappa shape index (κ3) is 6.71. The Hall–Kier alpha value is -1.88. The number of ether oxygens (including phenoxy) is 2. The summed E-state index contributed by atoms with van der Waals surface area (Å²) in [4.78, 5) is 0. The van der Waals surface area contributed by atoms with E-state index in [9.17, 15) is 0 Å². The van der Waals surface area contributed by atoms with Crippen LogP contribution in [0.15, 0.2) is 58.8 Å². The van der Waals surface area contributed by atoms with E-state index in [0.29, 0.717) is 0 Å². The Balaban J connectivity index is 1.77. The third-order valence-corrected chi connectivity index (χ3v) is 4.05. The maximum absolute atomic E-state index is 5.73. The number of nitrogens with zero attached hydrogens (tertiary/aromatic N) is 2. The molecule has 5 heteroatoms. The van der Waals surface area contributed by atoms with Gasteiger partial charge in [0, 0.05) is 5.33 Å². The van der Waals surface area contributed by atoms with Crippen LogP contribution in [0.1, 0.15) is 25.7 Å². The fourth-order valence-corrected chi connectivity index (χ4v) is 2.51. The molecule has 0 amide bonds. The van der Waals surface area contributed by atoms with E-state index in [1.54, 1.807) is 7.11 Å². The van der Waals surface area contributed by atoms with Crippen LogP contribution in [-0.4, -0.2) is 19.0 Å². The van der Waals surface area contributed by atoms with Crippen LogP contribution < -0.4 is 9.47 Å². The fraction of sp³-hybridized carbons (Fsp3) is 0.368. The summed E-state index contributed by atoms with van der Waals surface area (Å²) in [5.74, 6) is 1.68. The fourth-order valence-electron chi connectivity index (χ4n) is 2.11. The molecule has 0 aliphatic heterocycles. The number of halogens is 1. The van der Waals surface area contributed by atoms with Gasteiger partial charge in [0.2, 0.25) is 0 Å². The lowest BCUT2D eigenvalue weighted by atomic mass is 10.2. The molecule has 24 heavy (non-hydrogen) atoms. The van der Waals surface area contributed by atoms with Crippen LogP contribution >= 0.6 is 15.9 Å². The van der Waals surface area contributed by atoms with Crippen LogP contribution in [0.4, 0.5) is 11.4 Å². The van der Waals surface area contributed by atoms with Gasteiger partial charge in [-0.3, -0.25) is 0 Å². The highest BCUT2D eigenvalue weighted by Gasteiger charge is 1.96. The summed E-state index contributed by atoms with van der Waals surface area (Å²) in [6, 6.07) is 15.2. The Bertz CT molecular complexity index is 612. The van der Waals surface area contributed by atoms with Gasteiger partial charge in [0.05, 0.1) is 25.1 Å². The molecule has 0 heterocycles. The standard InChI is InChI=1S/C19H23BrN2O2/c1-23-18-10-6-16(7-11-18)21-22-17-8-12-19(13-9-17)24-15-5-3-2-4-14-20/h6-13H,2-5,14-15H2,1H3. The van der Waals surface area contributed by atoms with Crippen molar-refractivity contribution >= 4 is 27.3 Å². The molecule has 0 saturated heterocycles. The third-order valence-electron chi connectivity index (χ3n) is 3.49. The quantitative estimate of drug-likeness (QED) is 0.266. The molecule has 2 rings (SSSR count). The monoisotopic (exact) mass is 390 g/mol. The summed E-state index contributed by atoms with van der Waals surface area (Å²) in [5.41, 5.74) is 1.59. The van der Waals surface area contributed by atoms with Crippen molar-refractivity contribution in [3.05, 3.63) is 48.5 Å². The maximum Gasteiger partial charge on any atom is 0.119 e. The van der Waals surface area contributed by atoms with Gasteiger partial charge >= 0.3 is 0 Å². The van der Waals surface area contributed by atoms with Crippen molar-refractivity contribution in [3.63, 3.8) is 0 Å². The minimum absolute atomic E-state index is 0.759. The SMILES string of the molecule is COc1ccc(N=Nc2ccc(OCCCCCCBr)cc2)cc1. The Labute approximate surface area is 152 Å². The second kappa shape index (κ2) is 10.8. The van der Waals surface area contributed by atoms with Gasteiger partial charge in [-0.25, -0.2) is 0 Å². The van der Waals surface area contributed by atoms with Crippen LogP contribution in [0.5, 0.6) is 11.5 Å². The summed E-state index contributed by atoms with van der Waals surface area (Å²) in [6.07, 6.45) is 4.78. The molecule has 0 aliphatic rings. The van der Waals surface area contributed by atoms with Crippen LogP contribution in [0, 0.1) is 0 Å². The number of azo groups is 1. The zero-order valence-electron chi connectivity index (χ0n) is 14.0. The van der Waals surface area contributed by atoms with Crippen molar-refractivity contribution in [2.45, 2.75) is 25.7 Å². The Morgan fingerprint density at radius 1 is 0.750 bits per heavy atom. The molecule has 0 spiro atoms. The van der Waals surface area contributed by atoms with E-state index in [-0.39, 0.29) is 0 Å². The molecule has 4 nitrogen and oxygen atoms in total. The molecule has 0 aliphatic carbocycles. The predicted molar refractivity (Wildman–Crippen MR) is 101 cm³/mol. The highest BCUT2D eigenvalue weighted by molar-refractivity contribution is 9.09. The molecular weight excluding hydrogens is 368 g/mol. The average molecular weight is 391 g/mol. The number of rotatable bonds is 10. The minimum atomic E-state index is 0.759. The molecule has 0 unspecified atom stereocenters. The summed E-state index contributed by atoms with van der Waals surface area (Å²) in [5, 5.41) is 9.52. The van der Waals surface area contributed by atoms with Crippen LogP contribution in [0.25, 0.3) is 0 Å². The minimum Gasteiger partial charge on any atom is -0.497 e. The van der Waals surface area contributed by atoms with Gasteiger partial charge in [0.25, 0.3) is 0 Å². The summed E-state index contributed by atoms with van der Waals surface area (Å²) in [6.45, 7) is 0.759. The number of benzene rings is 2. The first-order chi connectivity index (χ1) is 11.8. The van der Waals surface area contributed by atoms with Gasteiger partial charge < -0.3 is 9.47 Å². The molecule has 2 aromatic carbocycles. The molecule has 128 valence electrons. The summed E-state index contributed by atoms with van der Waals surface area (Å²) in [7, 11) is 1.64. The second-order valence-corrected chi connectivity index (χ2v) is 6.14. The number of hydrogen-bond acceptors (Lipinski definition) is 4. The van der Waals surface area contributed by atoms with Crippen LogP contribution in [0.2, 0.25) is 0 Å². The molecule has 0 aromatic heterocycles. The lowest BCUT2D eigenvalue weighted by molar-refractivity contribution is 0.305.